The molecule has 1 atom stereocenters. The topological polar surface area (TPSA) is 35.5 Å². The molecule has 0 aliphatic carbocycles. The van der Waals surface area contributed by atoms with E-state index in [0.717, 1.165) is 18.9 Å². The Morgan fingerprint density at radius 1 is 0.909 bits per heavy atom. The molecular formula is C19H36O3. The van der Waals surface area contributed by atoms with Gasteiger partial charge in [0.15, 0.2) is 0 Å². The van der Waals surface area contributed by atoms with Gasteiger partial charge >= 0.3 is 5.97 Å². The van der Waals surface area contributed by atoms with E-state index >= 15 is 0 Å². The summed E-state index contributed by atoms with van der Waals surface area (Å²) in [6, 6.07) is 0. The fourth-order valence-electron chi connectivity index (χ4n) is 2.48. The Morgan fingerprint density at radius 2 is 1.36 bits per heavy atom. The zero-order valence-electron chi connectivity index (χ0n) is 14.8. The maximum absolute atomic E-state index is 10.8. The maximum Gasteiger partial charge on any atom is 0.365 e. The molecule has 1 unspecified atom stereocenters. The first-order valence-electron chi connectivity index (χ1n) is 9.20. The first-order chi connectivity index (χ1) is 10.7. The van der Waals surface area contributed by atoms with E-state index in [1.807, 2.05) is 6.92 Å². The lowest BCUT2D eigenvalue weighted by Gasteiger charge is -2.10. The van der Waals surface area contributed by atoms with Crippen LogP contribution in [0.15, 0.2) is 12.7 Å². The standard InChI is InChI=1S/C19H36O3/c1-4-6-7-8-9-10-11-12-13-14-15-16-17-18(3)21-22-19(20)5-2/h5,18H,2,4,6-17H2,1,3H3. The molecule has 0 radical (unpaired) electrons. The third-order valence-corrected chi connectivity index (χ3v) is 3.93. The zero-order valence-corrected chi connectivity index (χ0v) is 14.8. The van der Waals surface area contributed by atoms with Crippen LogP contribution in [0, 0.1) is 0 Å². The summed E-state index contributed by atoms with van der Waals surface area (Å²) in [5, 5.41) is 0. The molecule has 0 bridgehead atoms. The van der Waals surface area contributed by atoms with Crippen molar-refractivity contribution in [2.24, 2.45) is 0 Å². The summed E-state index contributed by atoms with van der Waals surface area (Å²) >= 11 is 0. The first kappa shape index (κ1) is 21.2. The van der Waals surface area contributed by atoms with Gasteiger partial charge in [-0.1, -0.05) is 90.6 Å². The van der Waals surface area contributed by atoms with Crippen LogP contribution in [0.4, 0.5) is 0 Å². The fourth-order valence-corrected chi connectivity index (χ4v) is 2.48. The number of carbonyl (C=O) groups is 1. The number of rotatable bonds is 16. The van der Waals surface area contributed by atoms with E-state index < -0.39 is 5.97 Å². The molecule has 0 aromatic carbocycles. The minimum absolute atomic E-state index is 0.0352. The van der Waals surface area contributed by atoms with Crippen molar-refractivity contribution >= 4 is 5.97 Å². The molecule has 0 N–H and O–H groups in total. The summed E-state index contributed by atoms with van der Waals surface area (Å²) in [7, 11) is 0. The molecule has 0 aromatic heterocycles. The molecule has 0 heterocycles. The van der Waals surface area contributed by atoms with Crippen LogP contribution in [-0.2, 0) is 14.6 Å². The van der Waals surface area contributed by atoms with Crippen molar-refractivity contribution in [3.63, 3.8) is 0 Å². The van der Waals surface area contributed by atoms with Crippen molar-refractivity contribution < 1.29 is 14.6 Å². The van der Waals surface area contributed by atoms with E-state index in [-0.39, 0.29) is 6.10 Å². The summed E-state index contributed by atoms with van der Waals surface area (Å²) < 4.78 is 0. The average Bonchev–Trinajstić information content (AvgIpc) is 2.53. The summed E-state index contributed by atoms with van der Waals surface area (Å²) in [4.78, 5) is 20.4. The van der Waals surface area contributed by atoms with Crippen LogP contribution in [0.1, 0.15) is 97.3 Å². The molecule has 0 saturated heterocycles. The van der Waals surface area contributed by atoms with Crippen LogP contribution in [0.2, 0.25) is 0 Å². The highest BCUT2D eigenvalue weighted by atomic mass is 17.2. The van der Waals surface area contributed by atoms with Gasteiger partial charge in [-0.3, -0.25) is 4.89 Å². The van der Waals surface area contributed by atoms with Crippen LogP contribution >= 0.6 is 0 Å². The van der Waals surface area contributed by atoms with E-state index in [0.29, 0.717) is 0 Å². The second-order valence-corrected chi connectivity index (χ2v) is 6.19. The monoisotopic (exact) mass is 312 g/mol. The van der Waals surface area contributed by atoms with Crippen molar-refractivity contribution in [3.05, 3.63) is 12.7 Å². The highest BCUT2D eigenvalue weighted by Crippen LogP contribution is 2.13. The third-order valence-electron chi connectivity index (χ3n) is 3.93. The summed E-state index contributed by atoms with van der Waals surface area (Å²) in [6.45, 7) is 7.51. The predicted octanol–water partition coefficient (Wildman–Crippen LogP) is 6.13. The molecule has 0 fully saturated rings. The average molecular weight is 312 g/mol. The van der Waals surface area contributed by atoms with Crippen molar-refractivity contribution in [2.75, 3.05) is 0 Å². The third kappa shape index (κ3) is 15.6. The quantitative estimate of drug-likeness (QED) is 0.149. The lowest BCUT2D eigenvalue weighted by molar-refractivity contribution is -0.291. The van der Waals surface area contributed by atoms with E-state index in [1.165, 1.54) is 70.6 Å². The van der Waals surface area contributed by atoms with E-state index in [4.69, 9.17) is 4.89 Å². The molecule has 0 amide bonds. The molecule has 0 spiro atoms. The SMILES string of the molecule is C=CC(=O)OOC(C)CCCCCCCCCCCCCC. The smallest absolute Gasteiger partial charge is 0.293 e. The lowest BCUT2D eigenvalue weighted by Crippen LogP contribution is -2.11. The Kier molecular flexibility index (Phi) is 15.9. The largest absolute Gasteiger partial charge is 0.365 e. The van der Waals surface area contributed by atoms with E-state index in [9.17, 15) is 4.79 Å². The van der Waals surface area contributed by atoms with Crippen LogP contribution in [0.3, 0.4) is 0 Å². The maximum atomic E-state index is 10.8. The van der Waals surface area contributed by atoms with E-state index in [1.54, 1.807) is 0 Å². The molecule has 3 nitrogen and oxygen atoms in total. The lowest BCUT2D eigenvalue weighted by atomic mass is 10.0. The van der Waals surface area contributed by atoms with Gasteiger partial charge in [-0.25, -0.2) is 4.79 Å². The normalized spacial score (nSPS) is 12.1. The van der Waals surface area contributed by atoms with Crippen LogP contribution in [0.5, 0.6) is 0 Å². The first-order valence-corrected chi connectivity index (χ1v) is 9.20. The van der Waals surface area contributed by atoms with Crippen molar-refractivity contribution in [1.29, 1.82) is 0 Å². The Morgan fingerprint density at radius 3 is 1.82 bits per heavy atom. The van der Waals surface area contributed by atoms with Crippen LogP contribution in [0.25, 0.3) is 0 Å². The van der Waals surface area contributed by atoms with Gasteiger partial charge < -0.3 is 0 Å². The minimum atomic E-state index is -0.526. The van der Waals surface area contributed by atoms with Gasteiger partial charge in [0.25, 0.3) is 0 Å². The molecule has 0 aliphatic heterocycles. The number of carbonyl (C=O) groups excluding carboxylic acids is 1. The van der Waals surface area contributed by atoms with Crippen molar-refractivity contribution in [2.45, 2.75) is 103 Å². The second kappa shape index (κ2) is 16.5. The van der Waals surface area contributed by atoms with Gasteiger partial charge in [-0.2, -0.15) is 4.89 Å². The molecule has 0 saturated carbocycles. The minimum Gasteiger partial charge on any atom is -0.293 e. The summed E-state index contributed by atoms with van der Waals surface area (Å²) in [5.74, 6) is -0.526. The molecular weight excluding hydrogens is 276 g/mol. The highest BCUT2D eigenvalue weighted by Gasteiger charge is 2.05. The molecule has 130 valence electrons. The second-order valence-electron chi connectivity index (χ2n) is 6.19. The Hall–Kier alpha value is -0.830. The highest BCUT2D eigenvalue weighted by molar-refractivity contribution is 5.80. The molecule has 0 aromatic rings. The molecule has 22 heavy (non-hydrogen) atoms. The van der Waals surface area contributed by atoms with Gasteiger partial charge in [0.2, 0.25) is 0 Å². The fraction of sp³-hybridized carbons (Fsp3) is 0.842. The van der Waals surface area contributed by atoms with Gasteiger partial charge in [-0.05, 0) is 13.3 Å². The Bertz CT molecular complexity index is 263. The van der Waals surface area contributed by atoms with Crippen molar-refractivity contribution in [1.82, 2.24) is 0 Å². The van der Waals surface area contributed by atoms with Gasteiger partial charge in [0.05, 0.1) is 0 Å². The number of hydrogen-bond donors (Lipinski definition) is 0. The number of hydrogen-bond acceptors (Lipinski definition) is 3. The molecule has 0 aliphatic rings. The van der Waals surface area contributed by atoms with Crippen LogP contribution < -0.4 is 0 Å². The zero-order chi connectivity index (χ0) is 16.5. The predicted molar refractivity (Wildman–Crippen MR) is 92.5 cm³/mol. The molecule has 3 heteroatoms. The van der Waals surface area contributed by atoms with Gasteiger partial charge in [0, 0.05) is 6.08 Å². The summed E-state index contributed by atoms with van der Waals surface area (Å²) in [5.41, 5.74) is 0. The van der Waals surface area contributed by atoms with Crippen LogP contribution in [-0.4, -0.2) is 12.1 Å². The Labute approximate surface area is 137 Å². The van der Waals surface area contributed by atoms with Gasteiger partial charge in [0.1, 0.15) is 6.10 Å². The Balaban J connectivity index is 3.16. The van der Waals surface area contributed by atoms with Crippen molar-refractivity contribution in [3.8, 4) is 0 Å². The van der Waals surface area contributed by atoms with Gasteiger partial charge in [-0.15, -0.1) is 0 Å². The molecule has 0 rings (SSSR count). The number of unbranched alkanes of at least 4 members (excludes halogenated alkanes) is 11. The summed E-state index contributed by atoms with van der Waals surface area (Å²) in [6.07, 6.45) is 18.2. The van der Waals surface area contributed by atoms with E-state index in [2.05, 4.69) is 18.4 Å².